The molecular formula is C27H34N4O3S. The zero-order valence-electron chi connectivity index (χ0n) is 20.9. The van der Waals surface area contributed by atoms with Gasteiger partial charge in [-0.25, -0.2) is 4.98 Å². The average Bonchev–Trinajstić information content (AvgIpc) is 2.86. The lowest BCUT2D eigenvalue weighted by atomic mass is 10.0. The molecule has 3 aromatic rings. The maximum Gasteiger partial charge on any atom is 0.262 e. The monoisotopic (exact) mass is 494 g/mol. The van der Waals surface area contributed by atoms with Gasteiger partial charge in [0.05, 0.1) is 22.7 Å². The summed E-state index contributed by atoms with van der Waals surface area (Å²) in [7, 11) is 0. The Morgan fingerprint density at radius 2 is 1.77 bits per heavy atom. The van der Waals surface area contributed by atoms with Gasteiger partial charge in [0.1, 0.15) is 0 Å². The van der Waals surface area contributed by atoms with E-state index in [1.165, 1.54) is 18.7 Å². The number of carbonyl (C=O) groups is 2. The third kappa shape index (κ3) is 7.02. The van der Waals surface area contributed by atoms with Crippen LogP contribution in [-0.2, 0) is 11.3 Å². The second-order valence-electron chi connectivity index (χ2n) is 8.50. The average molecular weight is 495 g/mol. The highest BCUT2D eigenvalue weighted by molar-refractivity contribution is 7.99. The van der Waals surface area contributed by atoms with E-state index in [1.54, 1.807) is 22.8 Å². The molecule has 1 aromatic heterocycles. The highest BCUT2D eigenvalue weighted by Gasteiger charge is 2.15. The number of benzene rings is 2. The summed E-state index contributed by atoms with van der Waals surface area (Å²) < 4.78 is 1.71. The van der Waals surface area contributed by atoms with E-state index < -0.39 is 0 Å². The number of Topliss-reactive ketones (excluding diaryl/α,β-unsaturated/α-hetero) is 1. The number of aromatic nitrogens is 2. The number of nitrogens with one attached hydrogen (secondary N) is 1. The van der Waals surface area contributed by atoms with E-state index in [0.717, 1.165) is 31.6 Å². The minimum absolute atomic E-state index is 0.0363. The van der Waals surface area contributed by atoms with Crippen LogP contribution in [-0.4, -0.2) is 51.5 Å². The summed E-state index contributed by atoms with van der Waals surface area (Å²) in [6.07, 6.45) is 0.830. The molecule has 1 heterocycles. The second kappa shape index (κ2) is 12.7. The molecule has 2 aromatic carbocycles. The Balaban J connectivity index is 1.76. The molecule has 35 heavy (non-hydrogen) atoms. The van der Waals surface area contributed by atoms with Crippen molar-refractivity contribution in [1.82, 2.24) is 19.8 Å². The fraction of sp³-hybridized carbons (Fsp3) is 0.407. The maximum atomic E-state index is 13.2. The van der Waals surface area contributed by atoms with Crippen LogP contribution >= 0.6 is 11.8 Å². The van der Waals surface area contributed by atoms with Crippen molar-refractivity contribution in [2.75, 3.05) is 25.4 Å². The number of fused-ring (bicyclic) bond motifs is 1. The molecule has 1 amide bonds. The van der Waals surface area contributed by atoms with Gasteiger partial charge in [0.25, 0.3) is 5.56 Å². The van der Waals surface area contributed by atoms with Gasteiger partial charge in [-0.05, 0) is 50.7 Å². The first kappa shape index (κ1) is 26.6. The molecule has 0 aliphatic rings. The number of hydrogen-bond donors (Lipinski definition) is 1. The highest BCUT2D eigenvalue weighted by atomic mass is 32.2. The highest BCUT2D eigenvalue weighted by Crippen LogP contribution is 2.21. The van der Waals surface area contributed by atoms with Crippen LogP contribution in [0.1, 0.15) is 56.1 Å². The molecule has 1 unspecified atom stereocenters. The van der Waals surface area contributed by atoms with E-state index in [1.807, 2.05) is 37.3 Å². The van der Waals surface area contributed by atoms with Gasteiger partial charge < -0.3 is 10.2 Å². The van der Waals surface area contributed by atoms with E-state index >= 15 is 0 Å². The molecule has 0 aliphatic carbocycles. The molecule has 1 N–H and O–H groups in total. The summed E-state index contributed by atoms with van der Waals surface area (Å²) in [5.74, 6) is 0.0485. The number of rotatable bonds is 12. The van der Waals surface area contributed by atoms with Crippen LogP contribution < -0.4 is 10.9 Å². The van der Waals surface area contributed by atoms with Crippen molar-refractivity contribution >= 4 is 34.4 Å². The third-order valence-electron chi connectivity index (χ3n) is 6.06. The number of para-hydroxylation sites is 1. The fourth-order valence-electron chi connectivity index (χ4n) is 4.01. The third-order valence-corrected chi connectivity index (χ3v) is 7.04. The fourth-order valence-corrected chi connectivity index (χ4v) is 4.93. The van der Waals surface area contributed by atoms with Gasteiger partial charge >= 0.3 is 0 Å². The Labute approximate surface area is 210 Å². The summed E-state index contributed by atoms with van der Waals surface area (Å²) in [4.78, 5) is 44.5. The van der Waals surface area contributed by atoms with Crippen LogP contribution in [0.3, 0.4) is 0 Å². The first-order valence-corrected chi connectivity index (χ1v) is 13.1. The molecule has 0 saturated heterocycles. The Morgan fingerprint density at radius 1 is 1.09 bits per heavy atom. The summed E-state index contributed by atoms with van der Waals surface area (Å²) in [6.45, 7) is 11.0. The van der Waals surface area contributed by atoms with Crippen molar-refractivity contribution in [3.05, 3.63) is 70.0 Å². The van der Waals surface area contributed by atoms with Gasteiger partial charge in [0.15, 0.2) is 10.9 Å². The zero-order valence-corrected chi connectivity index (χ0v) is 21.7. The maximum absolute atomic E-state index is 13.2. The van der Waals surface area contributed by atoms with Gasteiger partial charge in [-0.2, -0.15) is 0 Å². The Hall–Kier alpha value is -2.97. The number of hydrogen-bond acceptors (Lipinski definition) is 6. The molecular weight excluding hydrogens is 460 g/mol. The molecule has 0 aliphatic heterocycles. The first-order chi connectivity index (χ1) is 16.8. The van der Waals surface area contributed by atoms with Crippen LogP contribution in [0.2, 0.25) is 0 Å². The first-order valence-electron chi connectivity index (χ1n) is 12.1. The largest absolute Gasteiger partial charge is 0.350 e. The SMILES string of the molecule is CCN(CC)CCCn1c(SCC(=O)c2ccc(C(C)NC(C)=O)cc2)nc2ccccc2c1=O. The van der Waals surface area contributed by atoms with E-state index in [0.29, 0.717) is 28.2 Å². The van der Waals surface area contributed by atoms with Crippen molar-refractivity contribution in [2.45, 2.75) is 51.9 Å². The Morgan fingerprint density at radius 3 is 2.43 bits per heavy atom. The van der Waals surface area contributed by atoms with Crippen LogP contribution in [0.5, 0.6) is 0 Å². The van der Waals surface area contributed by atoms with Crippen molar-refractivity contribution in [3.8, 4) is 0 Å². The lowest BCUT2D eigenvalue weighted by Gasteiger charge is -2.19. The summed E-state index contributed by atoms with van der Waals surface area (Å²) in [5, 5.41) is 4.00. The predicted octanol–water partition coefficient (Wildman–Crippen LogP) is 4.30. The van der Waals surface area contributed by atoms with Crippen molar-refractivity contribution in [1.29, 1.82) is 0 Å². The van der Waals surface area contributed by atoms with Crippen LogP contribution in [0, 0.1) is 0 Å². The molecule has 1 atom stereocenters. The number of nitrogens with zero attached hydrogens (tertiary/aromatic N) is 3. The lowest BCUT2D eigenvalue weighted by Crippen LogP contribution is -2.28. The number of amides is 1. The second-order valence-corrected chi connectivity index (χ2v) is 9.45. The Kier molecular flexibility index (Phi) is 9.63. The van der Waals surface area contributed by atoms with Crippen LogP contribution in [0.4, 0.5) is 0 Å². The molecule has 8 heteroatoms. The summed E-state index contributed by atoms with van der Waals surface area (Å²) in [6, 6.07) is 14.5. The zero-order chi connectivity index (χ0) is 25.4. The van der Waals surface area contributed by atoms with Gasteiger partial charge in [-0.15, -0.1) is 0 Å². The van der Waals surface area contributed by atoms with E-state index in [4.69, 9.17) is 4.98 Å². The molecule has 3 rings (SSSR count). The van der Waals surface area contributed by atoms with E-state index in [2.05, 4.69) is 24.1 Å². The smallest absolute Gasteiger partial charge is 0.262 e. The molecule has 0 saturated carbocycles. The van der Waals surface area contributed by atoms with E-state index in [9.17, 15) is 14.4 Å². The number of ketones is 1. The van der Waals surface area contributed by atoms with Gasteiger partial charge in [-0.3, -0.25) is 19.0 Å². The predicted molar refractivity (Wildman–Crippen MR) is 142 cm³/mol. The molecule has 7 nitrogen and oxygen atoms in total. The molecule has 0 spiro atoms. The van der Waals surface area contributed by atoms with Gasteiger partial charge in [0, 0.05) is 19.0 Å². The minimum Gasteiger partial charge on any atom is -0.350 e. The summed E-state index contributed by atoms with van der Waals surface area (Å²) >= 11 is 1.30. The van der Waals surface area contributed by atoms with Crippen molar-refractivity contribution in [2.24, 2.45) is 0 Å². The van der Waals surface area contributed by atoms with Crippen LogP contribution in [0.25, 0.3) is 10.9 Å². The summed E-state index contributed by atoms with van der Waals surface area (Å²) in [5.41, 5.74) is 2.10. The quantitative estimate of drug-likeness (QED) is 0.230. The van der Waals surface area contributed by atoms with Crippen molar-refractivity contribution < 1.29 is 9.59 Å². The lowest BCUT2D eigenvalue weighted by molar-refractivity contribution is -0.119. The van der Waals surface area contributed by atoms with Crippen molar-refractivity contribution in [3.63, 3.8) is 0 Å². The topological polar surface area (TPSA) is 84.3 Å². The minimum atomic E-state index is -0.126. The normalized spacial score (nSPS) is 12.1. The molecule has 0 bridgehead atoms. The van der Waals surface area contributed by atoms with Crippen LogP contribution in [0.15, 0.2) is 58.5 Å². The van der Waals surface area contributed by atoms with Gasteiger partial charge in [-0.1, -0.05) is 62.0 Å². The standard InChI is InChI=1S/C27H34N4O3S/c1-5-30(6-2)16-9-17-31-26(34)23-10-7-8-11-24(23)29-27(31)35-18-25(33)22-14-12-21(13-15-22)19(3)28-20(4)32/h7-8,10-15,19H,5-6,9,16-18H2,1-4H3,(H,28,32). The van der Waals surface area contributed by atoms with E-state index in [-0.39, 0.29) is 29.0 Å². The molecule has 0 fully saturated rings. The number of carbonyl (C=O) groups excluding carboxylic acids is 2. The Bertz CT molecular complexity index is 1220. The molecule has 186 valence electrons. The van der Waals surface area contributed by atoms with Gasteiger partial charge in [0.2, 0.25) is 5.91 Å². The number of thioether (sulfide) groups is 1. The molecule has 0 radical (unpaired) electrons.